The third-order valence-electron chi connectivity index (χ3n) is 29.1. The van der Waals surface area contributed by atoms with Gasteiger partial charge in [-0.05, 0) is 269 Å². The third-order valence-corrected chi connectivity index (χ3v) is 29.1. The van der Waals surface area contributed by atoms with Crippen LogP contribution < -0.4 is 0 Å². The lowest BCUT2D eigenvalue weighted by Gasteiger charge is -2.39. The fourth-order valence-electron chi connectivity index (χ4n) is 23.7. The molecule has 118 heavy (non-hydrogen) atoms. The van der Waals surface area contributed by atoms with Gasteiger partial charge in [0.05, 0.1) is 48.6 Å². The van der Waals surface area contributed by atoms with Crippen molar-refractivity contribution in [3.8, 4) is 0 Å². The van der Waals surface area contributed by atoms with Crippen molar-refractivity contribution in [2.45, 2.75) is 255 Å². The Morgan fingerprint density at radius 1 is 0.364 bits per heavy atom. The van der Waals surface area contributed by atoms with E-state index in [1.165, 1.54) is 139 Å². The minimum Gasteiger partial charge on any atom is -0.384 e. The summed E-state index contributed by atoms with van der Waals surface area (Å²) in [5, 5.41) is 50.9. The molecule has 0 bridgehead atoms. The number of pyridine rings is 4. The molecule has 10 atom stereocenters. The Hall–Kier alpha value is -8.82. The number of rotatable bonds is 12. The zero-order valence-electron chi connectivity index (χ0n) is 71.2. The lowest BCUT2D eigenvalue weighted by molar-refractivity contribution is 0.0282. The van der Waals surface area contributed by atoms with Crippen LogP contribution in [0.25, 0.3) is 43.6 Å². The van der Waals surface area contributed by atoms with Gasteiger partial charge in [0.25, 0.3) is 0 Å². The molecule has 0 amide bonds. The third kappa shape index (κ3) is 13.5. The number of fused-ring (bicyclic) bond motifs is 22. The second kappa shape index (κ2) is 29.0. The molecule has 4 N–H and O–H groups in total. The average molecular weight is 1590 g/mol. The molecule has 16 nitrogen and oxygen atoms in total. The quantitative estimate of drug-likeness (QED) is 0.0916. The van der Waals surface area contributed by atoms with Crippen LogP contribution in [0.2, 0.25) is 0 Å². The van der Waals surface area contributed by atoms with Gasteiger partial charge in [-0.25, -0.2) is 8.78 Å². The highest BCUT2D eigenvalue weighted by Crippen LogP contribution is 2.62. The number of hydrogen-bond acceptors (Lipinski definition) is 12. The highest BCUT2D eigenvalue weighted by molar-refractivity contribution is 5.93. The van der Waals surface area contributed by atoms with Gasteiger partial charge in [-0.15, -0.1) is 0 Å². The summed E-state index contributed by atoms with van der Waals surface area (Å²) in [6.07, 6.45) is 28.5. The second-order valence-corrected chi connectivity index (χ2v) is 38.9. The zero-order chi connectivity index (χ0) is 82.1. The molecule has 8 aliphatic heterocycles. The molecule has 10 aliphatic rings. The number of alkyl halides is 2. The summed E-state index contributed by atoms with van der Waals surface area (Å²) in [6.45, 7) is 33.1. The number of nitrogens with zero attached hydrogens (tertiary/aromatic N) is 12. The largest absolute Gasteiger partial charge is 0.384 e. The van der Waals surface area contributed by atoms with Gasteiger partial charge < -0.3 is 38.7 Å². The summed E-state index contributed by atoms with van der Waals surface area (Å²) >= 11 is 0. The first-order valence-electron chi connectivity index (χ1n) is 43.7. The molecule has 0 radical (unpaired) electrons. The van der Waals surface area contributed by atoms with E-state index < -0.39 is 33.7 Å². The van der Waals surface area contributed by atoms with Gasteiger partial charge >= 0.3 is 0 Å². The van der Waals surface area contributed by atoms with E-state index in [-0.39, 0.29) is 22.9 Å². The van der Waals surface area contributed by atoms with Crippen molar-refractivity contribution >= 4 is 43.6 Å². The van der Waals surface area contributed by atoms with Crippen LogP contribution in [0.15, 0.2) is 159 Å². The van der Waals surface area contributed by atoms with E-state index in [2.05, 4.69) is 155 Å². The second-order valence-electron chi connectivity index (χ2n) is 38.9. The number of aliphatic hydroxyl groups is 4. The summed E-state index contributed by atoms with van der Waals surface area (Å²) in [5.74, 6) is 0. The average Bonchev–Trinajstić information content (AvgIpc) is 1.53. The Morgan fingerprint density at radius 2 is 0.653 bits per heavy atom. The first-order chi connectivity index (χ1) is 56.3. The number of aromatic nitrogens is 8. The minimum atomic E-state index is -1.47. The minimum absolute atomic E-state index is 0.261. The standard InChI is InChI=1S/C26H31N3O.C25H30FN3O.C25H29N3O.C24H28FN3O/c1-17-12-18(2)23-20(13-17)22-21-7-5-11-28(21)16-26(8-9-26)24(22)29(23)15-25(3,30)19-6-4-10-27-14-19;1-16-11-17(2)22-19(12-16)21-20-8-6-10-28(20)14-24(3,26)23(21)29(22)15-25(4,30)18-7-5-9-27-13-18;1-17-7-8-20-19(13-17)22-21-6-4-12-27(21)16-25(9-10-25)23(22)28(20)15-24(2,29)18-5-3-11-26-14-18;1-16-8-9-19-18(12-16)21-20-7-5-11-27(20)14-23(2,25)22(21)28(19)15-24(3,29)17-6-4-10-26-13-17/h4,6,10,12-14,21,30H,5,7-9,11,15-16H2,1-3H3;5,7,9,11-13,20,30H,6,8,10,14-15H2,1-4H3;3,5,7-8,11,13-14,21,29H,4,6,9-10,12,15-16H2,1-2H3;4,6,8-10,12-13,20,29H,5,7,11,14-15H2,1-3H3. The lowest BCUT2D eigenvalue weighted by atomic mass is 9.86. The number of hydrogen-bond donors (Lipinski definition) is 4. The topological polar surface area (TPSA) is 165 Å². The molecule has 8 aromatic heterocycles. The van der Waals surface area contributed by atoms with Crippen LogP contribution in [0.4, 0.5) is 8.78 Å². The number of benzene rings is 4. The van der Waals surface area contributed by atoms with E-state index in [1.807, 2.05) is 66.9 Å². The van der Waals surface area contributed by atoms with Crippen molar-refractivity contribution in [1.82, 2.24) is 57.8 Å². The molecule has 12 aromatic rings. The molecular weight excluding hydrogens is 1470 g/mol. The van der Waals surface area contributed by atoms with Crippen LogP contribution in [-0.4, -0.2) is 131 Å². The molecule has 616 valence electrons. The maximum absolute atomic E-state index is 16.3. The van der Waals surface area contributed by atoms with Gasteiger partial charge in [-0.2, -0.15) is 0 Å². The van der Waals surface area contributed by atoms with Gasteiger partial charge in [0.2, 0.25) is 0 Å². The summed E-state index contributed by atoms with van der Waals surface area (Å²) in [5.41, 5.74) is 18.7. The highest BCUT2D eigenvalue weighted by Gasteiger charge is 2.58. The fourth-order valence-corrected chi connectivity index (χ4v) is 23.7. The molecule has 4 saturated heterocycles. The first-order valence-corrected chi connectivity index (χ1v) is 43.7. The van der Waals surface area contributed by atoms with Crippen LogP contribution in [0.5, 0.6) is 0 Å². The SMILES string of the molecule is Cc1cc(C)c2c(c1)c1c(n2CC(C)(O)c2cccnc2)C(C)(F)CN2CCCC12.Cc1cc(C)c2c(c1)c1c(n2CC(C)(O)c2cccnc2)C2(CC2)CN2CCCC12.Cc1ccc2c(c1)c1c(n2CC(C)(O)c2cccnc2)C(C)(F)CN2CCCC12.Cc1ccc2c(c1)c1c(n2CC(C)(O)c2cccnc2)C2(CC2)CN2CCCC12. The number of aryl methyl sites for hydroxylation is 6. The van der Waals surface area contributed by atoms with Crippen LogP contribution in [0.3, 0.4) is 0 Å². The summed E-state index contributed by atoms with van der Waals surface area (Å²) in [6, 6.07) is 39.1. The molecule has 2 saturated carbocycles. The van der Waals surface area contributed by atoms with Gasteiger partial charge in [0.1, 0.15) is 22.4 Å². The van der Waals surface area contributed by atoms with Crippen molar-refractivity contribution in [1.29, 1.82) is 0 Å². The van der Waals surface area contributed by atoms with Crippen LogP contribution in [0.1, 0.15) is 243 Å². The lowest BCUT2D eigenvalue weighted by Crippen LogP contribution is -2.43. The Balaban J connectivity index is 0.000000105. The highest BCUT2D eigenvalue weighted by atomic mass is 19.1. The molecule has 16 heterocycles. The molecule has 4 aromatic carbocycles. The van der Waals surface area contributed by atoms with Crippen LogP contribution in [-0.2, 0) is 70.8 Å². The van der Waals surface area contributed by atoms with Crippen molar-refractivity contribution in [2.24, 2.45) is 0 Å². The van der Waals surface area contributed by atoms with Crippen molar-refractivity contribution in [3.05, 3.63) is 259 Å². The van der Waals surface area contributed by atoms with E-state index in [9.17, 15) is 20.4 Å². The van der Waals surface area contributed by atoms with E-state index in [4.69, 9.17) is 0 Å². The summed E-state index contributed by atoms with van der Waals surface area (Å²) in [7, 11) is 0. The Bertz CT molecular complexity index is 5520. The Morgan fingerprint density at radius 3 is 1.00 bits per heavy atom. The van der Waals surface area contributed by atoms with Crippen LogP contribution >= 0.6 is 0 Å². The molecule has 18 heteroatoms. The first kappa shape index (κ1) is 79.0. The Kier molecular flexibility index (Phi) is 19.4. The smallest absolute Gasteiger partial charge is 0.160 e. The van der Waals surface area contributed by atoms with Gasteiger partial charge in [-0.3, -0.25) is 39.5 Å². The van der Waals surface area contributed by atoms with Gasteiger partial charge in [-0.1, -0.05) is 70.8 Å². The molecule has 2 aliphatic carbocycles. The van der Waals surface area contributed by atoms with Crippen molar-refractivity contribution in [3.63, 3.8) is 0 Å². The normalized spacial score (nSPS) is 25.2. The van der Waals surface area contributed by atoms with Crippen LogP contribution in [0, 0.1) is 41.5 Å². The maximum atomic E-state index is 16.3. The Labute approximate surface area is 693 Å². The monoisotopic (exact) mass is 1590 g/mol. The zero-order valence-corrected chi connectivity index (χ0v) is 71.2. The predicted molar refractivity (Wildman–Crippen MR) is 464 cm³/mol. The maximum Gasteiger partial charge on any atom is 0.160 e. The predicted octanol–water partition coefficient (Wildman–Crippen LogP) is 18.7. The molecule has 6 fully saturated rings. The van der Waals surface area contributed by atoms with E-state index in [0.717, 1.165) is 111 Å². The number of halogens is 2. The molecule has 2 spiro atoms. The molecular formula is C100H118F2N12O4. The summed E-state index contributed by atoms with van der Waals surface area (Å²) < 4.78 is 41.5. The van der Waals surface area contributed by atoms with E-state index in [0.29, 0.717) is 51.4 Å². The van der Waals surface area contributed by atoms with Gasteiger partial charge in [0.15, 0.2) is 11.3 Å². The van der Waals surface area contributed by atoms with E-state index in [1.54, 1.807) is 88.4 Å². The fraction of sp³-hybridized carbons (Fsp3) is 0.480. The van der Waals surface area contributed by atoms with Crippen molar-refractivity contribution in [2.75, 3.05) is 52.4 Å². The molecule has 10 unspecified atom stereocenters. The summed E-state index contributed by atoms with van der Waals surface area (Å²) in [4.78, 5) is 27.0. The van der Waals surface area contributed by atoms with Gasteiger partial charge in [0, 0.05) is 188 Å². The molecule has 22 rings (SSSR count). The van der Waals surface area contributed by atoms with Crippen molar-refractivity contribution < 1.29 is 29.2 Å². The van der Waals surface area contributed by atoms with E-state index >= 15 is 8.78 Å².